The number of rotatable bonds is 7. The molecule has 0 unspecified atom stereocenters. The number of halogens is 1. The molecular weight excluding hydrogens is 475 g/mol. The van der Waals surface area contributed by atoms with Crippen molar-refractivity contribution in [3.63, 3.8) is 0 Å². The van der Waals surface area contributed by atoms with Crippen LogP contribution in [0.3, 0.4) is 0 Å². The number of aryl methyl sites for hydroxylation is 1. The van der Waals surface area contributed by atoms with E-state index in [1.807, 2.05) is 6.07 Å². The van der Waals surface area contributed by atoms with Crippen LogP contribution in [0.15, 0.2) is 54.9 Å². The lowest BCUT2D eigenvalue weighted by Crippen LogP contribution is -2.33. The number of nitrogens with zero attached hydrogens (tertiary/aromatic N) is 4. The number of pyridine rings is 1. The molecule has 3 aromatic heterocycles. The Labute approximate surface area is 214 Å². The molecule has 2 N–H and O–H groups in total. The van der Waals surface area contributed by atoms with Crippen LogP contribution in [0.4, 0.5) is 15.0 Å². The van der Waals surface area contributed by atoms with Gasteiger partial charge in [-0.05, 0) is 82.1 Å². The summed E-state index contributed by atoms with van der Waals surface area (Å²) in [6.07, 6.45) is 3.37. The first-order valence-corrected chi connectivity index (χ1v) is 11.9. The van der Waals surface area contributed by atoms with Gasteiger partial charge in [-0.15, -0.1) is 0 Å². The molecule has 1 aromatic carbocycles. The van der Waals surface area contributed by atoms with Gasteiger partial charge in [0.1, 0.15) is 22.9 Å². The highest BCUT2D eigenvalue weighted by molar-refractivity contribution is 5.91. The number of anilines is 1. The second-order valence-electron chi connectivity index (χ2n) is 9.58. The summed E-state index contributed by atoms with van der Waals surface area (Å²) in [7, 11) is 0. The summed E-state index contributed by atoms with van der Waals surface area (Å²) in [5.41, 5.74) is 3.38. The van der Waals surface area contributed by atoms with Gasteiger partial charge in [0.2, 0.25) is 5.91 Å². The van der Waals surface area contributed by atoms with Gasteiger partial charge in [0.25, 0.3) is 0 Å². The van der Waals surface area contributed by atoms with E-state index in [-0.39, 0.29) is 18.1 Å². The molecule has 0 aliphatic heterocycles. The number of carbonyl (C=O) groups is 2. The van der Waals surface area contributed by atoms with Gasteiger partial charge in [0.05, 0.1) is 5.69 Å². The largest absolute Gasteiger partial charge is 0.444 e. The highest BCUT2D eigenvalue weighted by Crippen LogP contribution is 2.33. The number of imidazole rings is 1. The predicted molar refractivity (Wildman–Crippen MR) is 138 cm³/mol. The van der Waals surface area contributed by atoms with Gasteiger partial charge in [0, 0.05) is 36.5 Å². The molecule has 0 fully saturated rings. The zero-order valence-corrected chi connectivity index (χ0v) is 21.2. The van der Waals surface area contributed by atoms with Crippen LogP contribution in [0.1, 0.15) is 39.2 Å². The Morgan fingerprint density at radius 1 is 1.08 bits per heavy atom. The Bertz CT molecular complexity index is 1440. The summed E-state index contributed by atoms with van der Waals surface area (Å²) >= 11 is 0. The lowest BCUT2D eigenvalue weighted by Gasteiger charge is -2.19. The first-order valence-electron chi connectivity index (χ1n) is 11.9. The van der Waals surface area contributed by atoms with Gasteiger partial charge in [-0.3, -0.25) is 4.79 Å². The number of nitrogens with one attached hydrogen (secondary N) is 2. The number of ether oxygens (including phenoxy) is 1. The highest BCUT2D eigenvalue weighted by Gasteiger charge is 2.19. The normalized spacial score (nSPS) is 11.4. The van der Waals surface area contributed by atoms with Crippen molar-refractivity contribution in [3.8, 4) is 22.5 Å². The number of benzene rings is 1. The average molecular weight is 505 g/mol. The molecule has 4 rings (SSSR count). The van der Waals surface area contributed by atoms with Crippen LogP contribution in [0.2, 0.25) is 0 Å². The standard InChI is InChI=1S/C27H29FN6O3/c1-17-15-18(9-10-20(17)28)24-25(34-22(33-24)7-5-13-31-34)19-11-14-29-21(16-19)32-23(35)8-6-12-30-26(36)37-27(2,3)4/h5,7,9-11,13-16H,6,8,12H2,1-4H3,(H,30,36)(H,29,32,35). The van der Waals surface area contributed by atoms with Crippen molar-refractivity contribution in [2.24, 2.45) is 0 Å². The van der Waals surface area contributed by atoms with E-state index in [1.165, 1.54) is 6.07 Å². The first-order chi connectivity index (χ1) is 17.6. The summed E-state index contributed by atoms with van der Waals surface area (Å²) in [5, 5.41) is 9.88. The monoisotopic (exact) mass is 504 g/mol. The van der Waals surface area contributed by atoms with Crippen molar-refractivity contribution in [3.05, 3.63) is 66.2 Å². The van der Waals surface area contributed by atoms with E-state index in [0.29, 0.717) is 41.4 Å². The van der Waals surface area contributed by atoms with E-state index >= 15 is 0 Å². The average Bonchev–Trinajstić information content (AvgIpc) is 3.22. The van der Waals surface area contributed by atoms with Crippen molar-refractivity contribution in [1.29, 1.82) is 0 Å². The molecule has 0 bridgehead atoms. The topological polar surface area (TPSA) is 111 Å². The number of hydrogen-bond acceptors (Lipinski definition) is 6. The Kier molecular flexibility index (Phi) is 7.47. The Morgan fingerprint density at radius 2 is 1.89 bits per heavy atom. The summed E-state index contributed by atoms with van der Waals surface area (Å²) < 4.78 is 20.8. The number of fused-ring (bicyclic) bond motifs is 1. The maximum absolute atomic E-state index is 13.9. The SMILES string of the molecule is Cc1cc(-c2nc3cccnn3c2-c2ccnc(NC(=O)CCCNC(=O)OC(C)(C)C)c2)ccc1F. The molecule has 0 spiro atoms. The molecule has 10 heteroatoms. The predicted octanol–water partition coefficient (Wildman–Crippen LogP) is 5.15. The molecule has 4 aromatic rings. The Hall–Kier alpha value is -4.34. The fourth-order valence-corrected chi connectivity index (χ4v) is 3.75. The molecule has 192 valence electrons. The van der Waals surface area contributed by atoms with E-state index in [0.717, 1.165) is 11.1 Å². The third-order valence-corrected chi connectivity index (χ3v) is 5.37. The Morgan fingerprint density at radius 3 is 2.65 bits per heavy atom. The van der Waals surface area contributed by atoms with Crippen LogP contribution >= 0.6 is 0 Å². The maximum Gasteiger partial charge on any atom is 0.407 e. The fourth-order valence-electron chi connectivity index (χ4n) is 3.75. The molecule has 2 amide bonds. The van der Waals surface area contributed by atoms with E-state index in [1.54, 1.807) is 74.9 Å². The minimum absolute atomic E-state index is 0.193. The van der Waals surface area contributed by atoms with Gasteiger partial charge in [-0.25, -0.2) is 23.7 Å². The summed E-state index contributed by atoms with van der Waals surface area (Å²) in [6, 6.07) is 12.0. The zero-order valence-electron chi connectivity index (χ0n) is 21.2. The van der Waals surface area contributed by atoms with Crippen molar-refractivity contribution in [1.82, 2.24) is 24.9 Å². The lowest BCUT2D eigenvalue weighted by atomic mass is 10.0. The Balaban J connectivity index is 1.50. The van der Waals surface area contributed by atoms with Gasteiger partial charge < -0.3 is 15.4 Å². The second-order valence-corrected chi connectivity index (χ2v) is 9.58. The van der Waals surface area contributed by atoms with Crippen LogP contribution in [0.25, 0.3) is 28.2 Å². The summed E-state index contributed by atoms with van der Waals surface area (Å²) in [6.45, 7) is 7.37. The molecule has 0 atom stereocenters. The second kappa shape index (κ2) is 10.7. The molecule has 0 saturated heterocycles. The van der Waals surface area contributed by atoms with E-state index < -0.39 is 11.7 Å². The van der Waals surface area contributed by atoms with Crippen LogP contribution in [0.5, 0.6) is 0 Å². The van der Waals surface area contributed by atoms with Crippen LogP contribution in [-0.2, 0) is 9.53 Å². The quantitative estimate of drug-likeness (QED) is 0.337. The third-order valence-electron chi connectivity index (χ3n) is 5.37. The van der Waals surface area contributed by atoms with Gasteiger partial charge in [-0.2, -0.15) is 5.10 Å². The third kappa shape index (κ3) is 6.46. The number of carbonyl (C=O) groups excluding carboxylic acids is 2. The number of hydrogen-bond donors (Lipinski definition) is 2. The van der Waals surface area contributed by atoms with Crippen molar-refractivity contribution < 1.29 is 18.7 Å². The molecule has 3 heterocycles. The van der Waals surface area contributed by atoms with Crippen LogP contribution in [-0.4, -0.2) is 43.7 Å². The molecular formula is C27H29FN6O3. The molecule has 0 aliphatic carbocycles. The molecule has 0 radical (unpaired) electrons. The minimum atomic E-state index is -0.579. The van der Waals surface area contributed by atoms with Crippen molar-refractivity contribution in [2.45, 2.75) is 46.1 Å². The van der Waals surface area contributed by atoms with Crippen molar-refractivity contribution >= 4 is 23.5 Å². The molecule has 0 saturated carbocycles. The highest BCUT2D eigenvalue weighted by atomic mass is 19.1. The van der Waals surface area contributed by atoms with Crippen LogP contribution < -0.4 is 10.6 Å². The van der Waals surface area contributed by atoms with Gasteiger partial charge >= 0.3 is 6.09 Å². The zero-order chi connectivity index (χ0) is 26.6. The smallest absolute Gasteiger partial charge is 0.407 e. The summed E-state index contributed by atoms with van der Waals surface area (Å²) in [5.74, 6) is -0.154. The maximum atomic E-state index is 13.9. The van der Waals surface area contributed by atoms with E-state index in [2.05, 4.69) is 20.7 Å². The molecule has 9 nitrogen and oxygen atoms in total. The van der Waals surface area contributed by atoms with Crippen LogP contribution in [0, 0.1) is 12.7 Å². The summed E-state index contributed by atoms with van der Waals surface area (Å²) in [4.78, 5) is 33.2. The van der Waals surface area contributed by atoms with E-state index in [4.69, 9.17) is 9.72 Å². The lowest BCUT2D eigenvalue weighted by molar-refractivity contribution is -0.116. The van der Waals surface area contributed by atoms with E-state index in [9.17, 15) is 14.0 Å². The fraction of sp³-hybridized carbons (Fsp3) is 0.296. The number of alkyl carbamates (subject to hydrolysis) is 1. The number of aromatic nitrogens is 4. The molecule has 37 heavy (non-hydrogen) atoms. The molecule has 0 aliphatic rings. The minimum Gasteiger partial charge on any atom is -0.444 e. The van der Waals surface area contributed by atoms with Crippen molar-refractivity contribution in [2.75, 3.05) is 11.9 Å². The first kappa shape index (κ1) is 25.7. The van der Waals surface area contributed by atoms with Gasteiger partial charge in [-0.1, -0.05) is 0 Å². The number of amides is 2. The van der Waals surface area contributed by atoms with Gasteiger partial charge in [0.15, 0.2) is 5.65 Å².